The Morgan fingerprint density at radius 1 is 1.48 bits per heavy atom. The number of halogens is 2. The van der Waals surface area contributed by atoms with Gasteiger partial charge in [0.1, 0.15) is 5.82 Å². The van der Waals surface area contributed by atoms with Crippen molar-refractivity contribution in [2.24, 2.45) is 5.92 Å². The van der Waals surface area contributed by atoms with Gasteiger partial charge in [-0.25, -0.2) is 12.8 Å². The zero-order valence-electron chi connectivity index (χ0n) is 11.1. The first-order chi connectivity index (χ1) is 9.80. The Kier molecular flexibility index (Phi) is 5.00. The number of rotatable bonds is 4. The van der Waals surface area contributed by atoms with Crippen molar-refractivity contribution in [2.45, 2.75) is 24.2 Å². The summed E-state index contributed by atoms with van der Waals surface area (Å²) in [5.41, 5.74) is 0. The minimum Gasteiger partial charge on any atom is -0.481 e. The molecule has 0 saturated carbocycles. The summed E-state index contributed by atoms with van der Waals surface area (Å²) in [7, 11) is -3.79. The summed E-state index contributed by atoms with van der Waals surface area (Å²) in [5.74, 6) is -1.78. The summed E-state index contributed by atoms with van der Waals surface area (Å²) < 4.78 is 39.9. The van der Waals surface area contributed by atoms with E-state index in [1.807, 2.05) is 0 Å². The summed E-state index contributed by atoms with van der Waals surface area (Å²) in [6, 6.07) is 3.66. The molecule has 2 rings (SSSR count). The number of carboxylic acid groups (broad SMARTS) is 1. The molecule has 1 aliphatic rings. The van der Waals surface area contributed by atoms with Crippen LogP contribution in [0, 0.1) is 11.7 Å². The first-order valence-electron chi connectivity index (χ1n) is 6.47. The lowest BCUT2D eigenvalue weighted by molar-refractivity contribution is -0.138. The molecule has 0 bridgehead atoms. The molecule has 0 aromatic heterocycles. The molecule has 1 aromatic carbocycles. The van der Waals surface area contributed by atoms with Crippen LogP contribution in [0.1, 0.15) is 19.3 Å². The highest BCUT2D eigenvalue weighted by atomic mass is 79.9. The molecule has 1 aromatic rings. The van der Waals surface area contributed by atoms with Crippen molar-refractivity contribution >= 4 is 31.9 Å². The smallest absolute Gasteiger partial charge is 0.303 e. The molecule has 116 valence electrons. The van der Waals surface area contributed by atoms with Gasteiger partial charge < -0.3 is 5.11 Å². The lowest BCUT2D eigenvalue weighted by Gasteiger charge is -2.31. The maximum Gasteiger partial charge on any atom is 0.303 e. The fraction of sp³-hybridized carbons (Fsp3) is 0.462. The van der Waals surface area contributed by atoms with Crippen molar-refractivity contribution in [3.63, 3.8) is 0 Å². The van der Waals surface area contributed by atoms with Crippen LogP contribution in [0.3, 0.4) is 0 Å². The summed E-state index contributed by atoms with van der Waals surface area (Å²) in [6.07, 6.45) is 1.24. The highest BCUT2D eigenvalue weighted by molar-refractivity contribution is 9.10. The molecule has 1 atom stereocenters. The number of carbonyl (C=O) groups is 1. The Labute approximate surface area is 130 Å². The normalized spacial score (nSPS) is 20.4. The van der Waals surface area contributed by atoms with E-state index in [0.717, 1.165) is 6.07 Å². The molecular weight excluding hydrogens is 365 g/mol. The standard InChI is InChI=1S/C13H15BrFNO4S/c14-11-4-3-10(7-12(11)15)21(19,20)16-5-1-2-9(8-16)6-13(17)18/h3-4,7,9H,1-2,5-6,8H2,(H,17,18). The van der Waals surface area contributed by atoms with Crippen molar-refractivity contribution in [3.8, 4) is 0 Å². The Bertz CT molecular complexity index is 650. The molecule has 0 radical (unpaired) electrons. The van der Waals surface area contributed by atoms with Crippen LogP contribution in [-0.4, -0.2) is 36.9 Å². The lowest BCUT2D eigenvalue weighted by Crippen LogP contribution is -2.40. The van der Waals surface area contributed by atoms with Crippen LogP contribution in [0.5, 0.6) is 0 Å². The van der Waals surface area contributed by atoms with Gasteiger partial charge in [-0.05, 0) is 52.9 Å². The maximum absolute atomic E-state index is 13.5. The lowest BCUT2D eigenvalue weighted by atomic mass is 9.96. The Morgan fingerprint density at radius 2 is 2.19 bits per heavy atom. The monoisotopic (exact) mass is 379 g/mol. The average molecular weight is 380 g/mol. The van der Waals surface area contributed by atoms with Gasteiger partial charge in [0.15, 0.2) is 0 Å². The van der Waals surface area contributed by atoms with Gasteiger partial charge in [0, 0.05) is 19.5 Å². The van der Waals surface area contributed by atoms with Crippen molar-refractivity contribution < 1.29 is 22.7 Å². The maximum atomic E-state index is 13.5. The van der Waals surface area contributed by atoms with Crippen LogP contribution in [0.25, 0.3) is 0 Å². The molecule has 0 amide bonds. The largest absolute Gasteiger partial charge is 0.481 e. The van der Waals surface area contributed by atoms with Gasteiger partial charge in [-0.1, -0.05) is 0 Å². The van der Waals surface area contributed by atoms with Gasteiger partial charge in [0.25, 0.3) is 0 Å². The predicted molar refractivity (Wildman–Crippen MR) is 77.8 cm³/mol. The second-order valence-electron chi connectivity index (χ2n) is 5.05. The average Bonchev–Trinajstić information content (AvgIpc) is 2.41. The first kappa shape index (κ1) is 16.4. The van der Waals surface area contributed by atoms with E-state index in [-0.39, 0.29) is 28.3 Å². The number of aliphatic carboxylic acids is 1. The van der Waals surface area contributed by atoms with Crippen LogP contribution in [0.2, 0.25) is 0 Å². The number of sulfonamides is 1. The van der Waals surface area contributed by atoms with Gasteiger partial charge in [0.05, 0.1) is 9.37 Å². The van der Waals surface area contributed by atoms with E-state index < -0.39 is 21.8 Å². The van der Waals surface area contributed by atoms with Crippen LogP contribution in [0.4, 0.5) is 4.39 Å². The van der Waals surface area contributed by atoms with Crippen LogP contribution >= 0.6 is 15.9 Å². The highest BCUT2D eigenvalue weighted by Gasteiger charge is 2.31. The fourth-order valence-corrected chi connectivity index (χ4v) is 4.26. The molecule has 1 saturated heterocycles. The van der Waals surface area contributed by atoms with Crippen molar-refractivity contribution in [3.05, 3.63) is 28.5 Å². The quantitative estimate of drug-likeness (QED) is 0.871. The van der Waals surface area contributed by atoms with E-state index >= 15 is 0 Å². The topological polar surface area (TPSA) is 74.7 Å². The van der Waals surface area contributed by atoms with Crippen molar-refractivity contribution in [1.82, 2.24) is 4.31 Å². The summed E-state index contributed by atoms with van der Waals surface area (Å²) in [6.45, 7) is 0.489. The first-order valence-corrected chi connectivity index (χ1v) is 8.71. The van der Waals surface area contributed by atoms with Gasteiger partial charge in [-0.15, -0.1) is 0 Å². The van der Waals surface area contributed by atoms with E-state index in [0.29, 0.717) is 19.4 Å². The third kappa shape index (κ3) is 3.81. The Balaban J connectivity index is 2.22. The van der Waals surface area contributed by atoms with Gasteiger partial charge >= 0.3 is 5.97 Å². The molecule has 1 aliphatic heterocycles. The summed E-state index contributed by atoms with van der Waals surface area (Å²) in [5, 5.41) is 8.82. The number of carboxylic acids is 1. The van der Waals surface area contributed by atoms with Gasteiger partial charge in [-0.2, -0.15) is 4.31 Å². The zero-order valence-corrected chi connectivity index (χ0v) is 13.5. The van der Waals surface area contributed by atoms with E-state index in [1.54, 1.807) is 0 Å². The number of hydrogen-bond acceptors (Lipinski definition) is 3. The van der Waals surface area contributed by atoms with Crippen LogP contribution in [0.15, 0.2) is 27.6 Å². The van der Waals surface area contributed by atoms with Crippen molar-refractivity contribution in [1.29, 1.82) is 0 Å². The van der Waals surface area contributed by atoms with Crippen molar-refractivity contribution in [2.75, 3.05) is 13.1 Å². The Hall–Kier alpha value is -0.990. The number of benzene rings is 1. The van der Waals surface area contributed by atoms with E-state index in [4.69, 9.17) is 5.11 Å². The minimum atomic E-state index is -3.79. The predicted octanol–water partition coefficient (Wildman–Crippen LogP) is 2.46. The Morgan fingerprint density at radius 3 is 2.81 bits per heavy atom. The summed E-state index contributed by atoms with van der Waals surface area (Å²) in [4.78, 5) is 10.6. The second kappa shape index (κ2) is 6.41. The number of hydrogen-bond donors (Lipinski definition) is 1. The van der Waals surface area contributed by atoms with Gasteiger partial charge in [0.2, 0.25) is 10.0 Å². The molecular formula is C13H15BrFNO4S. The molecule has 8 heteroatoms. The van der Waals surface area contributed by atoms with E-state index in [1.165, 1.54) is 16.4 Å². The van der Waals surface area contributed by atoms with E-state index in [9.17, 15) is 17.6 Å². The molecule has 1 fully saturated rings. The number of nitrogens with zero attached hydrogens (tertiary/aromatic N) is 1. The molecule has 0 aliphatic carbocycles. The van der Waals surface area contributed by atoms with E-state index in [2.05, 4.69) is 15.9 Å². The second-order valence-corrected chi connectivity index (χ2v) is 7.84. The van der Waals surface area contributed by atoms with Crippen LogP contribution in [-0.2, 0) is 14.8 Å². The number of piperidine rings is 1. The van der Waals surface area contributed by atoms with Gasteiger partial charge in [-0.3, -0.25) is 4.79 Å². The summed E-state index contributed by atoms with van der Waals surface area (Å²) >= 11 is 2.98. The molecule has 5 nitrogen and oxygen atoms in total. The molecule has 21 heavy (non-hydrogen) atoms. The third-order valence-electron chi connectivity index (χ3n) is 3.47. The molecule has 1 N–H and O–H groups in total. The SMILES string of the molecule is O=C(O)CC1CCCN(S(=O)(=O)c2ccc(Br)c(F)c2)C1. The molecule has 0 spiro atoms. The minimum absolute atomic E-state index is 0.0548. The molecule has 1 unspecified atom stereocenters. The third-order valence-corrected chi connectivity index (χ3v) is 5.98. The molecule has 1 heterocycles. The highest BCUT2D eigenvalue weighted by Crippen LogP contribution is 2.27. The van der Waals surface area contributed by atoms with Crippen LogP contribution < -0.4 is 0 Å². The fourth-order valence-electron chi connectivity index (χ4n) is 2.45. The zero-order chi connectivity index (χ0) is 15.6.